The fraction of sp³-hybridized carbons (Fsp3) is 0.545. The Balaban J connectivity index is 2.10. The highest BCUT2D eigenvalue weighted by atomic mass is 28.4. The second-order valence-corrected chi connectivity index (χ2v) is 13.4. The molecule has 1 heterocycles. The molecule has 1 aromatic rings. The highest BCUT2D eigenvalue weighted by molar-refractivity contribution is 6.74. The Morgan fingerprint density at radius 2 is 1.80 bits per heavy atom. The van der Waals surface area contributed by atoms with Crippen LogP contribution in [-0.4, -0.2) is 26.6 Å². The van der Waals surface area contributed by atoms with E-state index < -0.39 is 8.32 Å². The van der Waals surface area contributed by atoms with Gasteiger partial charge in [0, 0.05) is 12.8 Å². The Hall–Kier alpha value is -1.16. The lowest BCUT2D eigenvalue weighted by Gasteiger charge is -2.42. The quantitative estimate of drug-likeness (QED) is 0.465. The van der Waals surface area contributed by atoms with Crippen LogP contribution in [0.15, 0.2) is 43.0 Å². The van der Waals surface area contributed by atoms with Crippen molar-refractivity contribution in [2.75, 3.05) is 0 Å². The molecule has 1 aromatic carbocycles. The van der Waals surface area contributed by atoms with Crippen LogP contribution in [0.2, 0.25) is 18.1 Å². The molecule has 3 atom stereocenters. The molecule has 138 valence electrons. The van der Waals surface area contributed by atoms with Crippen molar-refractivity contribution in [3.63, 3.8) is 0 Å². The van der Waals surface area contributed by atoms with E-state index in [1.165, 1.54) is 11.1 Å². The third kappa shape index (κ3) is 5.40. The van der Waals surface area contributed by atoms with E-state index in [9.17, 15) is 0 Å². The summed E-state index contributed by atoms with van der Waals surface area (Å²) in [5, 5.41) is 0.224. The van der Waals surface area contributed by atoms with Gasteiger partial charge in [-0.25, -0.2) is 0 Å². The summed E-state index contributed by atoms with van der Waals surface area (Å²) in [4.78, 5) is 0. The van der Waals surface area contributed by atoms with Gasteiger partial charge in [0.2, 0.25) is 0 Å². The number of hydrogen-bond donors (Lipinski definition) is 0. The molecule has 0 unspecified atom stereocenters. The van der Waals surface area contributed by atoms with Gasteiger partial charge in [0.15, 0.2) is 8.32 Å². The van der Waals surface area contributed by atoms with E-state index in [1.807, 2.05) is 6.08 Å². The van der Waals surface area contributed by atoms with Gasteiger partial charge in [-0.3, -0.25) is 0 Å². The van der Waals surface area contributed by atoms with Crippen LogP contribution < -0.4 is 0 Å². The van der Waals surface area contributed by atoms with Crippen LogP contribution in [0.5, 0.6) is 0 Å². The maximum atomic E-state index is 6.66. The number of hydrogen-bond acceptors (Lipinski definition) is 2. The van der Waals surface area contributed by atoms with Crippen LogP contribution in [0.1, 0.15) is 44.7 Å². The highest BCUT2D eigenvalue weighted by Crippen LogP contribution is 2.39. The van der Waals surface area contributed by atoms with Crippen molar-refractivity contribution in [2.45, 2.75) is 77.0 Å². The van der Waals surface area contributed by atoms with Crippen LogP contribution in [0, 0.1) is 6.92 Å². The molecule has 2 rings (SSSR count). The molecule has 25 heavy (non-hydrogen) atoms. The van der Waals surface area contributed by atoms with E-state index in [0.29, 0.717) is 0 Å². The summed E-state index contributed by atoms with van der Waals surface area (Å²) in [7, 11) is -1.77. The molecule has 0 bridgehead atoms. The van der Waals surface area contributed by atoms with Crippen molar-refractivity contribution >= 4 is 14.4 Å². The Morgan fingerprint density at radius 1 is 1.16 bits per heavy atom. The summed E-state index contributed by atoms with van der Waals surface area (Å²) in [5.41, 5.74) is 2.53. The van der Waals surface area contributed by atoms with Crippen LogP contribution in [0.4, 0.5) is 0 Å². The monoisotopic (exact) mass is 358 g/mol. The summed E-state index contributed by atoms with van der Waals surface area (Å²) < 4.78 is 12.8. The van der Waals surface area contributed by atoms with Gasteiger partial charge in [-0.05, 0) is 36.2 Å². The maximum absolute atomic E-state index is 6.66. The zero-order valence-corrected chi connectivity index (χ0v) is 17.7. The predicted molar refractivity (Wildman–Crippen MR) is 110 cm³/mol. The van der Waals surface area contributed by atoms with E-state index in [4.69, 9.17) is 9.16 Å². The van der Waals surface area contributed by atoms with Crippen LogP contribution in [-0.2, 0) is 9.16 Å². The molecule has 2 nitrogen and oxygen atoms in total. The topological polar surface area (TPSA) is 18.5 Å². The standard InChI is InChI=1S/C22H34O2Si/c1-8-19-15-21(24-25(6,7)22(3,4)5)16-20(23-19)14-13-18-12-10-9-11-17(18)2/h8-14,19-21H,1,15-16H2,2-7H3/b14-13-/t19-,20+,21+/m0/s1. The first kappa shape index (κ1) is 20.2. The first-order valence-corrected chi connectivity index (χ1v) is 12.2. The Labute approximate surface area is 155 Å². The molecule has 0 spiro atoms. The minimum Gasteiger partial charge on any atom is -0.414 e. The van der Waals surface area contributed by atoms with E-state index in [-0.39, 0.29) is 23.4 Å². The molecule has 1 aliphatic heterocycles. The predicted octanol–water partition coefficient (Wildman–Crippen LogP) is 6.13. The second-order valence-electron chi connectivity index (χ2n) is 8.64. The van der Waals surface area contributed by atoms with Gasteiger partial charge < -0.3 is 9.16 Å². The third-order valence-electron chi connectivity index (χ3n) is 5.55. The molecular formula is C22H34O2Si. The molecule has 0 radical (unpaired) electrons. The zero-order chi connectivity index (χ0) is 18.7. The molecule has 0 aromatic heterocycles. The molecule has 1 saturated heterocycles. The lowest BCUT2D eigenvalue weighted by atomic mass is 9.99. The number of rotatable bonds is 5. The Bertz CT molecular complexity index is 613. The summed E-state index contributed by atoms with van der Waals surface area (Å²) in [6, 6.07) is 8.42. The van der Waals surface area contributed by atoms with Crippen LogP contribution in [0.3, 0.4) is 0 Å². The van der Waals surface area contributed by atoms with Crippen LogP contribution in [0.25, 0.3) is 6.08 Å². The van der Waals surface area contributed by atoms with Gasteiger partial charge >= 0.3 is 0 Å². The van der Waals surface area contributed by atoms with Crippen molar-refractivity contribution in [1.29, 1.82) is 0 Å². The Morgan fingerprint density at radius 3 is 2.40 bits per heavy atom. The number of aryl methyl sites for hydroxylation is 1. The van der Waals surface area contributed by atoms with E-state index in [1.54, 1.807) is 0 Å². The van der Waals surface area contributed by atoms with E-state index >= 15 is 0 Å². The first-order valence-electron chi connectivity index (χ1n) is 9.32. The maximum Gasteiger partial charge on any atom is 0.192 e. The van der Waals surface area contributed by atoms with E-state index in [2.05, 4.69) is 83.8 Å². The second kappa shape index (κ2) is 8.03. The summed E-state index contributed by atoms with van der Waals surface area (Å²) in [6.07, 6.45) is 8.47. The van der Waals surface area contributed by atoms with Gasteiger partial charge in [-0.1, -0.05) is 63.3 Å². The SMILES string of the molecule is C=C[C@H]1C[C@@H](O[Si](C)(C)C(C)(C)C)C[C@@H](/C=C\c2ccccc2C)O1. The number of benzene rings is 1. The van der Waals surface area contributed by atoms with Gasteiger partial charge in [0.1, 0.15) is 0 Å². The van der Waals surface area contributed by atoms with Gasteiger partial charge in [0.05, 0.1) is 18.3 Å². The first-order chi connectivity index (χ1) is 11.6. The smallest absolute Gasteiger partial charge is 0.192 e. The third-order valence-corrected chi connectivity index (χ3v) is 10.1. The van der Waals surface area contributed by atoms with Gasteiger partial charge in [0.25, 0.3) is 0 Å². The lowest BCUT2D eigenvalue weighted by Crippen LogP contribution is -2.47. The molecule has 3 heteroatoms. The van der Waals surface area contributed by atoms with Crippen molar-refractivity contribution in [1.82, 2.24) is 0 Å². The minimum absolute atomic E-state index is 0.0649. The normalized spacial score (nSPS) is 25.3. The van der Waals surface area contributed by atoms with Gasteiger partial charge in [-0.15, -0.1) is 6.58 Å². The molecule has 0 saturated carbocycles. The molecule has 1 aliphatic rings. The fourth-order valence-corrected chi connectivity index (χ4v) is 4.28. The molecular weight excluding hydrogens is 324 g/mol. The molecule has 1 fully saturated rings. The largest absolute Gasteiger partial charge is 0.414 e. The minimum atomic E-state index is -1.77. The van der Waals surface area contributed by atoms with Gasteiger partial charge in [-0.2, -0.15) is 0 Å². The molecule has 0 N–H and O–H groups in total. The molecule has 0 amide bonds. The summed E-state index contributed by atoms with van der Waals surface area (Å²) in [6.45, 7) is 17.6. The summed E-state index contributed by atoms with van der Waals surface area (Å²) in [5.74, 6) is 0. The lowest BCUT2D eigenvalue weighted by molar-refractivity contribution is -0.0501. The Kier molecular flexibility index (Phi) is 6.47. The highest BCUT2D eigenvalue weighted by Gasteiger charge is 2.41. The fourth-order valence-electron chi connectivity index (χ4n) is 2.90. The van der Waals surface area contributed by atoms with Crippen molar-refractivity contribution < 1.29 is 9.16 Å². The number of ether oxygens (including phenoxy) is 1. The van der Waals surface area contributed by atoms with Crippen LogP contribution >= 0.6 is 0 Å². The zero-order valence-electron chi connectivity index (χ0n) is 16.7. The van der Waals surface area contributed by atoms with E-state index in [0.717, 1.165) is 12.8 Å². The van der Waals surface area contributed by atoms with Crippen molar-refractivity contribution in [3.8, 4) is 0 Å². The average Bonchev–Trinajstić information content (AvgIpc) is 2.52. The van der Waals surface area contributed by atoms with Crippen molar-refractivity contribution in [3.05, 3.63) is 54.1 Å². The molecule has 0 aliphatic carbocycles. The van der Waals surface area contributed by atoms with Crippen molar-refractivity contribution in [2.24, 2.45) is 0 Å². The average molecular weight is 359 g/mol. The summed E-state index contributed by atoms with van der Waals surface area (Å²) >= 11 is 0.